The fraction of sp³-hybridized carbons (Fsp3) is 0.769. The topological polar surface area (TPSA) is 79.4 Å². The summed E-state index contributed by atoms with van der Waals surface area (Å²) in [5.41, 5.74) is 0. The first-order valence-corrected chi connectivity index (χ1v) is 8.16. The molecule has 2 rings (SSSR count). The van der Waals surface area contributed by atoms with Crippen molar-refractivity contribution < 1.29 is 9.53 Å². The predicted molar refractivity (Wildman–Crippen MR) is 84.1 cm³/mol. The highest BCUT2D eigenvalue weighted by Crippen LogP contribution is 2.29. The van der Waals surface area contributed by atoms with Crippen molar-refractivity contribution in [2.45, 2.75) is 38.6 Å². The van der Waals surface area contributed by atoms with Crippen LogP contribution in [0.5, 0.6) is 0 Å². The number of hydrogen-bond acceptors (Lipinski definition) is 6. The molecule has 2 amide bonds. The molecule has 0 aliphatic carbocycles. The Labute approximate surface area is 129 Å². The van der Waals surface area contributed by atoms with Gasteiger partial charge in [-0.3, -0.25) is 5.32 Å². The number of amides is 2. The van der Waals surface area contributed by atoms with Crippen LogP contribution in [0.3, 0.4) is 0 Å². The summed E-state index contributed by atoms with van der Waals surface area (Å²) in [6, 6.07) is 0.239. The molecule has 0 unspecified atom stereocenters. The molecule has 1 saturated heterocycles. The second-order valence-corrected chi connectivity index (χ2v) is 6.11. The number of aromatic nitrogens is 2. The fourth-order valence-electron chi connectivity index (χ4n) is 2.32. The second kappa shape index (κ2) is 8.14. The lowest BCUT2D eigenvalue weighted by Gasteiger charge is -2.32. The van der Waals surface area contributed by atoms with Crippen molar-refractivity contribution in [1.29, 1.82) is 0 Å². The van der Waals surface area contributed by atoms with Crippen molar-refractivity contribution in [3.63, 3.8) is 0 Å². The minimum absolute atomic E-state index is 0.250. The van der Waals surface area contributed by atoms with Gasteiger partial charge in [-0.1, -0.05) is 11.3 Å². The predicted octanol–water partition coefficient (Wildman–Crippen LogP) is 2.07. The van der Waals surface area contributed by atoms with E-state index < -0.39 is 0 Å². The molecule has 8 heteroatoms. The maximum Gasteiger partial charge on any atom is 0.321 e. The summed E-state index contributed by atoms with van der Waals surface area (Å²) in [5.74, 6) is 0. The van der Waals surface area contributed by atoms with Crippen molar-refractivity contribution in [2.24, 2.45) is 0 Å². The summed E-state index contributed by atoms with van der Waals surface area (Å²) in [5, 5.41) is 15.1. The molecule has 2 N–H and O–H groups in total. The van der Waals surface area contributed by atoms with E-state index in [4.69, 9.17) is 4.74 Å². The number of carbonyl (C=O) groups excluding carboxylic acids is 1. The fourth-order valence-corrected chi connectivity index (χ4v) is 3.19. The van der Waals surface area contributed by atoms with Gasteiger partial charge in [0.2, 0.25) is 10.3 Å². The van der Waals surface area contributed by atoms with Crippen LogP contribution in [0.25, 0.3) is 0 Å². The molecule has 1 aliphatic rings. The minimum atomic E-state index is -0.250. The van der Waals surface area contributed by atoms with Crippen LogP contribution in [-0.4, -0.2) is 49.1 Å². The summed E-state index contributed by atoms with van der Waals surface area (Å²) in [6.07, 6.45) is 4.43. The van der Waals surface area contributed by atoms with Gasteiger partial charge in [0.25, 0.3) is 0 Å². The maximum absolute atomic E-state index is 11.7. The number of carbonyl (C=O) groups is 1. The Kier molecular flexibility index (Phi) is 6.19. The summed E-state index contributed by atoms with van der Waals surface area (Å²) >= 11 is 1.42. The van der Waals surface area contributed by atoms with Crippen molar-refractivity contribution in [3.8, 4) is 0 Å². The van der Waals surface area contributed by atoms with Gasteiger partial charge < -0.3 is 15.0 Å². The van der Waals surface area contributed by atoms with Crippen LogP contribution in [0.15, 0.2) is 0 Å². The van der Waals surface area contributed by atoms with Crippen LogP contribution in [0.4, 0.5) is 15.1 Å². The molecule has 1 fully saturated rings. The molecule has 118 valence electrons. The molecule has 0 spiro atoms. The normalized spacial score (nSPS) is 18.6. The van der Waals surface area contributed by atoms with Gasteiger partial charge in [0, 0.05) is 32.8 Å². The lowest BCUT2D eigenvalue weighted by molar-refractivity contribution is 0.194. The highest BCUT2D eigenvalue weighted by molar-refractivity contribution is 7.19. The zero-order valence-electron chi connectivity index (χ0n) is 12.6. The van der Waals surface area contributed by atoms with E-state index in [1.807, 2.05) is 0 Å². The zero-order chi connectivity index (χ0) is 15.1. The third kappa shape index (κ3) is 4.82. The van der Waals surface area contributed by atoms with Gasteiger partial charge in [0.05, 0.1) is 0 Å². The van der Waals surface area contributed by atoms with Gasteiger partial charge in [0.1, 0.15) is 0 Å². The van der Waals surface area contributed by atoms with E-state index in [1.165, 1.54) is 30.6 Å². The van der Waals surface area contributed by atoms with E-state index in [1.54, 1.807) is 7.11 Å². The first kappa shape index (κ1) is 16.0. The molecular formula is C13H23N5O2S. The van der Waals surface area contributed by atoms with E-state index in [-0.39, 0.29) is 6.03 Å². The van der Waals surface area contributed by atoms with Gasteiger partial charge >= 0.3 is 6.03 Å². The highest BCUT2D eigenvalue weighted by atomic mass is 32.1. The Morgan fingerprint density at radius 1 is 1.48 bits per heavy atom. The molecule has 2 heterocycles. The Morgan fingerprint density at radius 2 is 2.33 bits per heavy atom. The van der Waals surface area contributed by atoms with Crippen molar-refractivity contribution in [3.05, 3.63) is 0 Å². The summed E-state index contributed by atoms with van der Waals surface area (Å²) < 4.78 is 4.92. The molecule has 1 atom stereocenters. The van der Waals surface area contributed by atoms with Crippen LogP contribution in [0.2, 0.25) is 0 Å². The van der Waals surface area contributed by atoms with E-state index >= 15 is 0 Å². The first-order chi connectivity index (χ1) is 10.2. The van der Waals surface area contributed by atoms with Crippen LogP contribution < -0.4 is 15.5 Å². The maximum atomic E-state index is 11.7. The second-order valence-electron chi connectivity index (χ2n) is 5.16. The Morgan fingerprint density at radius 3 is 3.10 bits per heavy atom. The van der Waals surface area contributed by atoms with Crippen molar-refractivity contribution in [1.82, 2.24) is 15.5 Å². The van der Waals surface area contributed by atoms with Gasteiger partial charge in [-0.25, -0.2) is 4.79 Å². The molecule has 0 saturated carbocycles. The smallest absolute Gasteiger partial charge is 0.321 e. The van der Waals surface area contributed by atoms with Crippen molar-refractivity contribution >= 4 is 27.6 Å². The molecule has 1 aromatic heterocycles. The van der Waals surface area contributed by atoms with E-state index in [2.05, 4.69) is 32.7 Å². The average Bonchev–Trinajstić information content (AvgIpc) is 2.92. The molecule has 21 heavy (non-hydrogen) atoms. The van der Waals surface area contributed by atoms with Crippen molar-refractivity contribution in [2.75, 3.05) is 37.0 Å². The summed E-state index contributed by atoms with van der Waals surface area (Å²) in [4.78, 5) is 14.0. The standard InChI is InChI=1S/C13H23N5O2S/c1-10-6-3-4-8-18(10)13-17-16-12(21-13)15-11(19)14-7-5-9-20-2/h10H,3-9H2,1-2H3,(H2,14,15,16,19)/t10-/m0/s1. The van der Waals surface area contributed by atoms with Gasteiger partial charge in [-0.15, -0.1) is 10.2 Å². The van der Waals surface area contributed by atoms with Gasteiger partial charge in [-0.05, 0) is 32.6 Å². The lowest BCUT2D eigenvalue weighted by Crippen LogP contribution is -2.37. The average molecular weight is 313 g/mol. The number of hydrogen-bond donors (Lipinski definition) is 2. The minimum Gasteiger partial charge on any atom is -0.385 e. The van der Waals surface area contributed by atoms with E-state index in [0.29, 0.717) is 24.3 Å². The van der Waals surface area contributed by atoms with E-state index in [9.17, 15) is 4.79 Å². The van der Waals surface area contributed by atoms with E-state index in [0.717, 1.165) is 18.1 Å². The Hall–Kier alpha value is -1.41. The largest absolute Gasteiger partial charge is 0.385 e. The number of anilines is 2. The molecule has 0 radical (unpaired) electrons. The number of nitrogens with one attached hydrogen (secondary N) is 2. The summed E-state index contributed by atoms with van der Waals surface area (Å²) in [7, 11) is 1.64. The molecule has 1 aromatic rings. The van der Waals surface area contributed by atoms with Gasteiger partial charge in [-0.2, -0.15) is 0 Å². The Balaban J connectivity index is 1.81. The summed E-state index contributed by atoms with van der Waals surface area (Å²) in [6.45, 7) is 4.43. The van der Waals surface area contributed by atoms with Crippen LogP contribution in [-0.2, 0) is 4.74 Å². The zero-order valence-corrected chi connectivity index (χ0v) is 13.4. The number of nitrogens with zero attached hydrogens (tertiary/aromatic N) is 3. The molecule has 7 nitrogen and oxygen atoms in total. The number of methoxy groups -OCH3 is 1. The molecule has 0 aromatic carbocycles. The first-order valence-electron chi connectivity index (χ1n) is 7.34. The van der Waals surface area contributed by atoms with Gasteiger partial charge in [0.15, 0.2) is 0 Å². The molecular weight excluding hydrogens is 290 g/mol. The van der Waals surface area contributed by atoms with Crippen LogP contribution in [0.1, 0.15) is 32.6 Å². The Bertz CT molecular complexity index is 454. The third-order valence-electron chi connectivity index (χ3n) is 3.49. The monoisotopic (exact) mass is 313 g/mol. The lowest BCUT2D eigenvalue weighted by atomic mass is 10.1. The molecule has 1 aliphatic heterocycles. The SMILES string of the molecule is COCCCNC(=O)Nc1nnc(N2CCCC[C@@H]2C)s1. The third-order valence-corrected chi connectivity index (χ3v) is 4.37. The number of ether oxygens (including phenoxy) is 1. The highest BCUT2D eigenvalue weighted by Gasteiger charge is 2.22. The van der Waals surface area contributed by atoms with Crippen LogP contribution >= 0.6 is 11.3 Å². The number of urea groups is 1. The quantitative estimate of drug-likeness (QED) is 0.786. The van der Waals surface area contributed by atoms with Crippen LogP contribution in [0, 0.1) is 0 Å². The number of rotatable bonds is 6. The number of piperidine rings is 1. The molecule has 0 bridgehead atoms.